The van der Waals surface area contributed by atoms with E-state index in [1.54, 1.807) is 6.07 Å². The van der Waals surface area contributed by atoms with E-state index in [0.29, 0.717) is 24.3 Å². The first-order valence-corrected chi connectivity index (χ1v) is 6.30. The van der Waals surface area contributed by atoms with E-state index in [1.165, 1.54) is 12.1 Å². The molecule has 1 rings (SSSR count). The largest absolute Gasteiger partial charge is 0.492 e. The number of aliphatic hydroxyl groups is 1. The van der Waals surface area contributed by atoms with Crippen molar-refractivity contribution in [3.8, 4) is 17.6 Å². The lowest BCUT2D eigenvalue weighted by atomic mass is 10.2. The van der Waals surface area contributed by atoms with Gasteiger partial charge >= 0.3 is 0 Å². The van der Waals surface area contributed by atoms with Crippen LogP contribution in [0.25, 0.3) is 0 Å². The van der Waals surface area contributed by atoms with Crippen LogP contribution in [-0.2, 0) is 0 Å². The predicted molar refractivity (Wildman–Crippen MR) is 73.6 cm³/mol. The minimum absolute atomic E-state index is 0.0211. The van der Waals surface area contributed by atoms with Crippen molar-refractivity contribution in [3.05, 3.63) is 29.6 Å². The molecule has 4 heteroatoms. The van der Waals surface area contributed by atoms with E-state index in [9.17, 15) is 4.39 Å². The zero-order valence-electron chi connectivity index (χ0n) is 11.4. The smallest absolute Gasteiger partial charge is 0.137 e. The van der Waals surface area contributed by atoms with E-state index in [0.717, 1.165) is 13.0 Å². The summed E-state index contributed by atoms with van der Waals surface area (Å²) >= 11 is 0. The fourth-order valence-electron chi connectivity index (χ4n) is 1.50. The van der Waals surface area contributed by atoms with Crippen molar-refractivity contribution in [2.24, 2.45) is 0 Å². The lowest BCUT2D eigenvalue weighted by Gasteiger charge is -2.11. The monoisotopic (exact) mass is 265 g/mol. The third-order valence-electron chi connectivity index (χ3n) is 2.41. The number of hydrogen-bond donors (Lipinski definition) is 1. The predicted octanol–water partition coefficient (Wildman–Crippen LogP) is 1.89. The highest BCUT2D eigenvalue weighted by Gasteiger charge is 2.03. The van der Waals surface area contributed by atoms with Crippen molar-refractivity contribution >= 4 is 0 Å². The van der Waals surface area contributed by atoms with Gasteiger partial charge < -0.3 is 14.7 Å². The first kappa shape index (κ1) is 15.5. The highest BCUT2D eigenvalue weighted by Crippen LogP contribution is 2.19. The van der Waals surface area contributed by atoms with Crippen LogP contribution in [-0.4, -0.2) is 43.9 Å². The summed E-state index contributed by atoms with van der Waals surface area (Å²) in [5.74, 6) is 5.81. The Kier molecular flexibility index (Phi) is 6.94. The quantitative estimate of drug-likeness (QED) is 0.630. The number of hydrogen-bond acceptors (Lipinski definition) is 3. The Morgan fingerprint density at radius 3 is 2.84 bits per heavy atom. The highest BCUT2D eigenvalue weighted by atomic mass is 19.1. The Hall–Kier alpha value is -1.57. The summed E-state index contributed by atoms with van der Waals surface area (Å²) in [6.07, 6.45) is 1.27. The van der Waals surface area contributed by atoms with E-state index in [1.807, 2.05) is 14.1 Å². The molecule has 0 aliphatic rings. The Bertz CT molecular complexity index is 449. The van der Waals surface area contributed by atoms with Gasteiger partial charge in [0.2, 0.25) is 0 Å². The minimum Gasteiger partial charge on any atom is -0.492 e. The fourth-order valence-corrected chi connectivity index (χ4v) is 1.50. The third-order valence-corrected chi connectivity index (χ3v) is 2.41. The van der Waals surface area contributed by atoms with Crippen molar-refractivity contribution in [2.45, 2.75) is 12.8 Å². The molecule has 1 aromatic carbocycles. The van der Waals surface area contributed by atoms with Crippen molar-refractivity contribution in [1.29, 1.82) is 0 Å². The van der Waals surface area contributed by atoms with Gasteiger partial charge in [-0.2, -0.15) is 0 Å². The molecule has 0 heterocycles. The minimum atomic E-state index is -0.338. The summed E-state index contributed by atoms with van der Waals surface area (Å²) in [5.41, 5.74) is 0.653. The molecule has 0 saturated carbocycles. The second kappa shape index (κ2) is 8.52. The zero-order chi connectivity index (χ0) is 14.1. The number of ether oxygens (including phenoxy) is 1. The normalized spacial score (nSPS) is 10.2. The molecule has 0 spiro atoms. The molecule has 1 aromatic rings. The summed E-state index contributed by atoms with van der Waals surface area (Å²) in [4.78, 5) is 2.07. The fraction of sp³-hybridized carbons (Fsp3) is 0.467. The Labute approximate surface area is 114 Å². The van der Waals surface area contributed by atoms with E-state index in [4.69, 9.17) is 9.84 Å². The number of nitrogens with zero attached hydrogens (tertiary/aromatic N) is 1. The molecule has 3 nitrogen and oxygen atoms in total. The molecule has 0 aliphatic heterocycles. The summed E-state index contributed by atoms with van der Waals surface area (Å²) in [7, 11) is 3.99. The first-order chi connectivity index (χ1) is 9.13. The van der Waals surface area contributed by atoms with Crippen LogP contribution in [0.3, 0.4) is 0 Å². The average molecular weight is 265 g/mol. The summed E-state index contributed by atoms with van der Waals surface area (Å²) in [5, 5.41) is 8.68. The molecule has 0 aliphatic carbocycles. The molecular formula is C15H20FNO2. The second-order valence-electron chi connectivity index (χ2n) is 4.42. The van der Waals surface area contributed by atoms with E-state index in [-0.39, 0.29) is 12.4 Å². The topological polar surface area (TPSA) is 32.7 Å². The van der Waals surface area contributed by atoms with Crippen LogP contribution < -0.4 is 4.74 Å². The molecule has 19 heavy (non-hydrogen) atoms. The van der Waals surface area contributed by atoms with Gasteiger partial charge in [-0.15, -0.1) is 0 Å². The molecule has 0 radical (unpaired) electrons. The van der Waals surface area contributed by atoms with E-state index < -0.39 is 0 Å². The maximum atomic E-state index is 13.2. The van der Waals surface area contributed by atoms with Crippen molar-refractivity contribution in [2.75, 3.05) is 33.9 Å². The SMILES string of the molecule is CN(C)CCCOc1cc(F)ccc1C#CCCO. The maximum absolute atomic E-state index is 13.2. The Morgan fingerprint density at radius 2 is 2.16 bits per heavy atom. The number of halogens is 1. The van der Waals surface area contributed by atoms with Gasteiger partial charge in [-0.1, -0.05) is 11.8 Å². The molecule has 0 amide bonds. The van der Waals surface area contributed by atoms with Crippen LogP contribution in [0.4, 0.5) is 4.39 Å². The molecule has 0 bridgehead atoms. The third kappa shape index (κ3) is 6.23. The van der Waals surface area contributed by atoms with E-state index >= 15 is 0 Å². The lowest BCUT2D eigenvalue weighted by molar-refractivity contribution is 0.280. The molecular weight excluding hydrogens is 245 g/mol. The second-order valence-corrected chi connectivity index (χ2v) is 4.42. The van der Waals surface area contributed by atoms with Crippen LogP contribution in [0, 0.1) is 17.7 Å². The van der Waals surface area contributed by atoms with Crippen LogP contribution in [0.1, 0.15) is 18.4 Å². The van der Waals surface area contributed by atoms with Crippen LogP contribution in [0.2, 0.25) is 0 Å². The van der Waals surface area contributed by atoms with Gasteiger partial charge in [0.1, 0.15) is 11.6 Å². The van der Waals surface area contributed by atoms with Crippen LogP contribution in [0.15, 0.2) is 18.2 Å². The molecule has 0 saturated heterocycles. The maximum Gasteiger partial charge on any atom is 0.137 e. The van der Waals surface area contributed by atoms with Crippen LogP contribution >= 0.6 is 0 Å². The van der Waals surface area contributed by atoms with Gasteiger partial charge in [0.15, 0.2) is 0 Å². The van der Waals surface area contributed by atoms with Crippen molar-refractivity contribution in [3.63, 3.8) is 0 Å². The number of benzene rings is 1. The first-order valence-electron chi connectivity index (χ1n) is 6.30. The van der Waals surface area contributed by atoms with Gasteiger partial charge in [-0.3, -0.25) is 0 Å². The van der Waals surface area contributed by atoms with Gasteiger partial charge in [-0.05, 0) is 32.6 Å². The van der Waals surface area contributed by atoms with Gasteiger partial charge in [0.25, 0.3) is 0 Å². The number of rotatable bonds is 6. The zero-order valence-corrected chi connectivity index (χ0v) is 11.4. The van der Waals surface area contributed by atoms with Crippen LogP contribution in [0.5, 0.6) is 5.75 Å². The van der Waals surface area contributed by atoms with Gasteiger partial charge in [0.05, 0.1) is 18.8 Å². The Balaban J connectivity index is 2.64. The van der Waals surface area contributed by atoms with Gasteiger partial charge in [-0.25, -0.2) is 4.39 Å². The Morgan fingerprint density at radius 1 is 1.37 bits per heavy atom. The lowest BCUT2D eigenvalue weighted by Crippen LogP contribution is -2.15. The number of aliphatic hydroxyl groups excluding tert-OH is 1. The van der Waals surface area contributed by atoms with Gasteiger partial charge in [0, 0.05) is 19.0 Å². The summed E-state index contributed by atoms with van der Waals surface area (Å²) < 4.78 is 18.8. The highest BCUT2D eigenvalue weighted by molar-refractivity contribution is 5.46. The molecule has 0 unspecified atom stereocenters. The molecule has 0 aromatic heterocycles. The molecule has 104 valence electrons. The summed E-state index contributed by atoms with van der Waals surface area (Å²) in [6.45, 7) is 1.46. The molecule has 1 N–H and O–H groups in total. The average Bonchev–Trinajstić information content (AvgIpc) is 2.37. The summed E-state index contributed by atoms with van der Waals surface area (Å²) in [6, 6.07) is 4.30. The molecule has 0 atom stereocenters. The van der Waals surface area contributed by atoms with Crippen molar-refractivity contribution < 1.29 is 14.2 Å². The van der Waals surface area contributed by atoms with E-state index in [2.05, 4.69) is 16.7 Å². The van der Waals surface area contributed by atoms with Crippen molar-refractivity contribution in [1.82, 2.24) is 4.90 Å². The molecule has 0 fully saturated rings. The standard InChI is InChI=1S/C15H20FNO2/c1-17(2)9-5-11-19-15-12-14(16)8-7-13(15)6-3-4-10-18/h7-8,12,18H,4-5,9-11H2,1-2H3.